The Balaban J connectivity index is 2.61. The Hall–Kier alpha value is -2.48. The second-order valence-electron chi connectivity index (χ2n) is 5.80. The molecule has 0 saturated heterocycles. The predicted molar refractivity (Wildman–Crippen MR) is 99.5 cm³/mol. The summed E-state index contributed by atoms with van der Waals surface area (Å²) in [6, 6.07) is 7.20. The molecule has 25 heavy (non-hydrogen) atoms. The molecule has 0 unspecified atom stereocenters. The zero-order valence-electron chi connectivity index (χ0n) is 15.4. The first-order valence-corrected chi connectivity index (χ1v) is 8.78. The largest absolute Gasteiger partial charge is 0.497 e. The van der Waals surface area contributed by atoms with Crippen molar-refractivity contribution in [2.24, 2.45) is 0 Å². The maximum Gasteiger partial charge on any atom is 0.261 e. The molecule has 0 atom stereocenters. The van der Waals surface area contributed by atoms with E-state index in [4.69, 9.17) is 9.47 Å². The van der Waals surface area contributed by atoms with Crippen LogP contribution >= 0.6 is 0 Å². The number of benzene rings is 1. The summed E-state index contributed by atoms with van der Waals surface area (Å²) in [6.45, 7) is 2.78. The molecule has 136 valence electrons. The first kappa shape index (κ1) is 20.6. The first-order valence-electron chi connectivity index (χ1n) is 8.78. The van der Waals surface area contributed by atoms with Crippen molar-refractivity contribution in [2.75, 3.05) is 20.8 Å². The van der Waals surface area contributed by atoms with Crippen LogP contribution < -0.4 is 14.8 Å². The second-order valence-corrected chi connectivity index (χ2v) is 5.80. The Morgan fingerprint density at radius 3 is 2.52 bits per heavy atom. The molecule has 1 aromatic rings. The molecule has 0 aliphatic rings. The van der Waals surface area contributed by atoms with Crippen LogP contribution in [0.5, 0.6) is 11.5 Å². The van der Waals surface area contributed by atoms with Gasteiger partial charge < -0.3 is 14.8 Å². The average Bonchev–Trinajstić information content (AvgIpc) is 2.65. The Morgan fingerprint density at radius 2 is 1.88 bits per heavy atom. The molecule has 1 amide bonds. The van der Waals surface area contributed by atoms with E-state index in [1.807, 2.05) is 6.07 Å². The van der Waals surface area contributed by atoms with Crippen molar-refractivity contribution in [2.45, 2.75) is 45.4 Å². The van der Waals surface area contributed by atoms with Gasteiger partial charge in [0.15, 0.2) is 0 Å². The van der Waals surface area contributed by atoms with E-state index in [2.05, 4.69) is 12.2 Å². The molecule has 5 heteroatoms. The summed E-state index contributed by atoms with van der Waals surface area (Å²) in [7, 11) is 3.11. The summed E-state index contributed by atoms with van der Waals surface area (Å²) in [5.41, 5.74) is 0.726. The van der Waals surface area contributed by atoms with Crippen LogP contribution in [0.25, 0.3) is 6.08 Å². The molecule has 5 nitrogen and oxygen atoms in total. The summed E-state index contributed by atoms with van der Waals surface area (Å²) in [6.07, 6.45) is 8.48. The van der Waals surface area contributed by atoms with Crippen LogP contribution in [0, 0.1) is 11.3 Å². The highest BCUT2D eigenvalue weighted by Gasteiger charge is 2.11. The Kier molecular flexibility index (Phi) is 9.84. The summed E-state index contributed by atoms with van der Waals surface area (Å²) < 4.78 is 10.4. The van der Waals surface area contributed by atoms with Crippen LogP contribution in [-0.4, -0.2) is 26.7 Å². The van der Waals surface area contributed by atoms with Crippen LogP contribution in [0.4, 0.5) is 0 Å². The molecule has 1 N–H and O–H groups in total. The summed E-state index contributed by atoms with van der Waals surface area (Å²) in [5.74, 6) is 0.852. The van der Waals surface area contributed by atoms with Gasteiger partial charge in [0, 0.05) is 18.2 Å². The van der Waals surface area contributed by atoms with Gasteiger partial charge >= 0.3 is 0 Å². The van der Waals surface area contributed by atoms with Gasteiger partial charge in [-0.25, -0.2) is 0 Å². The van der Waals surface area contributed by atoms with E-state index in [0.717, 1.165) is 12.8 Å². The number of unbranched alkanes of at least 4 members (excludes halogenated alkanes) is 5. The van der Waals surface area contributed by atoms with Crippen molar-refractivity contribution in [1.82, 2.24) is 5.32 Å². The van der Waals surface area contributed by atoms with E-state index >= 15 is 0 Å². The molecule has 0 aromatic heterocycles. The molecule has 0 saturated carbocycles. The standard InChI is InChI=1S/C20H28N2O3/c1-4-5-6-7-8-9-12-22-20(23)17(15-21)13-16-10-11-18(24-2)14-19(16)25-3/h10-11,13-14H,4-9,12H2,1-3H3,(H,22,23). The molecule has 0 aliphatic heterocycles. The number of hydrogen-bond acceptors (Lipinski definition) is 4. The molecular formula is C20H28N2O3. The van der Waals surface area contributed by atoms with Gasteiger partial charge in [0.2, 0.25) is 0 Å². The van der Waals surface area contributed by atoms with Crippen molar-refractivity contribution in [3.8, 4) is 17.6 Å². The minimum absolute atomic E-state index is 0.0643. The fraction of sp³-hybridized carbons (Fsp3) is 0.500. The van der Waals surface area contributed by atoms with E-state index in [1.165, 1.54) is 38.9 Å². The third kappa shape index (κ3) is 7.30. The van der Waals surface area contributed by atoms with Crippen LogP contribution in [0.2, 0.25) is 0 Å². The molecule has 0 radical (unpaired) electrons. The zero-order chi connectivity index (χ0) is 18.5. The lowest BCUT2D eigenvalue weighted by atomic mass is 10.1. The quantitative estimate of drug-likeness (QED) is 0.373. The van der Waals surface area contributed by atoms with Gasteiger partial charge in [-0.1, -0.05) is 39.0 Å². The number of rotatable bonds is 11. The van der Waals surface area contributed by atoms with E-state index in [1.54, 1.807) is 25.3 Å². The number of hydrogen-bond donors (Lipinski definition) is 1. The van der Waals surface area contributed by atoms with Crippen LogP contribution in [0.15, 0.2) is 23.8 Å². The predicted octanol–water partition coefficient (Wildman–Crippen LogP) is 4.09. The molecule has 0 heterocycles. The second kappa shape index (κ2) is 12.0. The van der Waals surface area contributed by atoms with Crippen molar-refractivity contribution in [3.05, 3.63) is 29.3 Å². The van der Waals surface area contributed by atoms with Crippen molar-refractivity contribution < 1.29 is 14.3 Å². The van der Waals surface area contributed by atoms with E-state index < -0.39 is 0 Å². The average molecular weight is 344 g/mol. The fourth-order valence-electron chi connectivity index (χ4n) is 2.44. The van der Waals surface area contributed by atoms with Crippen LogP contribution in [0.1, 0.15) is 51.0 Å². The lowest BCUT2D eigenvalue weighted by Crippen LogP contribution is -2.25. The Bertz CT molecular complexity index is 618. The Morgan fingerprint density at radius 1 is 1.16 bits per heavy atom. The van der Waals surface area contributed by atoms with Gasteiger partial charge in [0.1, 0.15) is 23.1 Å². The third-order valence-corrected chi connectivity index (χ3v) is 3.92. The summed E-state index contributed by atoms with van der Waals surface area (Å²) in [4.78, 5) is 12.2. The first-order chi connectivity index (χ1) is 12.2. The number of methoxy groups -OCH3 is 2. The number of nitriles is 1. The molecule has 0 spiro atoms. The highest BCUT2D eigenvalue weighted by atomic mass is 16.5. The van der Waals surface area contributed by atoms with Crippen molar-refractivity contribution in [1.29, 1.82) is 5.26 Å². The number of carbonyl (C=O) groups is 1. The number of carbonyl (C=O) groups excluding carboxylic acids is 1. The van der Waals surface area contributed by atoms with Gasteiger partial charge in [0.25, 0.3) is 5.91 Å². The molecular weight excluding hydrogens is 316 g/mol. The van der Waals surface area contributed by atoms with Crippen LogP contribution in [0.3, 0.4) is 0 Å². The van der Waals surface area contributed by atoms with Crippen molar-refractivity contribution in [3.63, 3.8) is 0 Å². The molecule has 0 aliphatic carbocycles. The maximum absolute atomic E-state index is 12.2. The fourth-order valence-corrected chi connectivity index (χ4v) is 2.44. The van der Waals surface area contributed by atoms with E-state index in [9.17, 15) is 10.1 Å². The van der Waals surface area contributed by atoms with Gasteiger partial charge in [-0.3, -0.25) is 4.79 Å². The lowest BCUT2D eigenvalue weighted by Gasteiger charge is -2.08. The molecule has 1 aromatic carbocycles. The number of nitrogens with zero attached hydrogens (tertiary/aromatic N) is 1. The minimum atomic E-state index is -0.353. The zero-order valence-corrected chi connectivity index (χ0v) is 15.4. The summed E-state index contributed by atoms with van der Waals surface area (Å²) >= 11 is 0. The van der Waals surface area contributed by atoms with Crippen LogP contribution in [-0.2, 0) is 4.79 Å². The highest BCUT2D eigenvalue weighted by Crippen LogP contribution is 2.26. The van der Waals surface area contributed by atoms with Gasteiger partial charge in [-0.05, 0) is 24.6 Å². The van der Waals surface area contributed by atoms with Gasteiger partial charge in [-0.15, -0.1) is 0 Å². The normalized spacial score (nSPS) is 10.9. The van der Waals surface area contributed by atoms with Crippen molar-refractivity contribution >= 4 is 12.0 Å². The Labute approximate surface area is 150 Å². The molecule has 1 rings (SSSR count). The monoisotopic (exact) mass is 344 g/mol. The topological polar surface area (TPSA) is 71.4 Å². The number of amides is 1. The van der Waals surface area contributed by atoms with E-state index in [0.29, 0.717) is 23.6 Å². The smallest absolute Gasteiger partial charge is 0.261 e. The van der Waals surface area contributed by atoms with Gasteiger partial charge in [-0.2, -0.15) is 5.26 Å². The molecule has 0 fully saturated rings. The SMILES string of the molecule is CCCCCCCCNC(=O)C(C#N)=Cc1ccc(OC)cc1OC. The number of ether oxygens (including phenoxy) is 2. The highest BCUT2D eigenvalue weighted by molar-refractivity contribution is 6.02. The summed E-state index contributed by atoms with van der Waals surface area (Å²) in [5, 5.41) is 12.1. The third-order valence-electron chi connectivity index (χ3n) is 3.92. The van der Waals surface area contributed by atoms with E-state index in [-0.39, 0.29) is 11.5 Å². The molecule has 0 bridgehead atoms. The lowest BCUT2D eigenvalue weighted by molar-refractivity contribution is -0.117. The van der Waals surface area contributed by atoms with Gasteiger partial charge in [0.05, 0.1) is 14.2 Å². The number of nitrogens with one attached hydrogen (secondary N) is 1. The maximum atomic E-state index is 12.2. The minimum Gasteiger partial charge on any atom is -0.497 e.